The molecule has 0 bridgehead atoms. The Labute approximate surface area is 197 Å². The minimum Gasteiger partial charge on any atom is -0.396 e. The molecule has 0 unspecified atom stereocenters. The highest BCUT2D eigenvalue weighted by Gasteiger charge is 2.20. The minimum atomic E-state index is -0.884. The molecule has 0 aliphatic rings. The van der Waals surface area contributed by atoms with Crippen molar-refractivity contribution in [3.63, 3.8) is 0 Å². The van der Waals surface area contributed by atoms with Crippen molar-refractivity contribution in [2.75, 3.05) is 6.61 Å². The number of rotatable bonds is 24. The van der Waals surface area contributed by atoms with Gasteiger partial charge in [-0.05, 0) is 38.5 Å². The van der Waals surface area contributed by atoms with Crippen molar-refractivity contribution >= 4 is 0 Å². The van der Waals surface area contributed by atoms with Gasteiger partial charge in [-0.1, -0.05) is 90.4 Å². The Bertz CT molecular complexity index is 381. The third-order valence-corrected chi connectivity index (χ3v) is 6.28. The van der Waals surface area contributed by atoms with E-state index in [2.05, 4.69) is 6.92 Å². The third-order valence-electron chi connectivity index (χ3n) is 6.28. The molecule has 6 nitrogen and oxygen atoms in total. The monoisotopic (exact) mass is 462 g/mol. The van der Waals surface area contributed by atoms with Crippen LogP contribution in [0.4, 0.5) is 0 Å². The first-order valence-electron chi connectivity index (χ1n) is 13.4. The van der Waals surface area contributed by atoms with Crippen molar-refractivity contribution in [2.24, 2.45) is 0 Å². The van der Waals surface area contributed by atoms with E-state index in [4.69, 9.17) is 5.11 Å². The van der Waals surface area contributed by atoms with Gasteiger partial charge in [0.1, 0.15) is 0 Å². The molecule has 0 aromatic rings. The van der Waals surface area contributed by atoms with Crippen molar-refractivity contribution in [1.82, 2.24) is 0 Å². The summed E-state index contributed by atoms with van der Waals surface area (Å²) in [6.07, 6.45) is 14.1. The summed E-state index contributed by atoms with van der Waals surface area (Å²) in [5.74, 6) is 0. The van der Waals surface area contributed by atoms with Crippen molar-refractivity contribution in [1.29, 1.82) is 0 Å². The van der Waals surface area contributed by atoms with Crippen LogP contribution < -0.4 is 0 Å². The quantitative estimate of drug-likeness (QED) is 0.119. The maximum absolute atomic E-state index is 10.1. The molecule has 0 saturated heterocycles. The van der Waals surface area contributed by atoms with Crippen LogP contribution in [0, 0.1) is 0 Å². The summed E-state index contributed by atoms with van der Waals surface area (Å²) in [5, 5.41) is 58.4. The van der Waals surface area contributed by atoms with Crippen LogP contribution in [0.15, 0.2) is 0 Å². The van der Waals surface area contributed by atoms with Gasteiger partial charge in [-0.3, -0.25) is 0 Å². The van der Waals surface area contributed by atoms with Gasteiger partial charge in [-0.15, -0.1) is 0 Å². The van der Waals surface area contributed by atoms with Crippen molar-refractivity contribution in [3.8, 4) is 0 Å². The molecule has 0 radical (unpaired) electrons. The van der Waals surface area contributed by atoms with Crippen LogP contribution in [-0.2, 0) is 0 Å². The zero-order valence-electron chi connectivity index (χ0n) is 20.7. The van der Waals surface area contributed by atoms with E-state index in [-0.39, 0.29) is 38.7 Å². The highest BCUT2D eigenvalue weighted by Crippen LogP contribution is 2.17. The fraction of sp³-hybridized carbons (Fsp3) is 1.00. The van der Waals surface area contributed by atoms with Gasteiger partial charge in [-0.25, -0.2) is 0 Å². The SMILES string of the molecule is CCCCCCCCCCCCCCC[C@H](O)C[C@@H](O)C[C@@H](O)C[C@@H](O)C[C@@H](O)CCO. The molecule has 0 spiro atoms. The van der Waals surface area contributed by atoms with E-state index >= 15 is 0 Å². The molecule has 5 atom stereocenters. The highest BCUT2D eigenvalue weighted by atomic mass is 16.3. The lowest BCUT2D eigenvalue weighted by Gasteiger charge is -2.21. The highest BCUT2D eigenvalue weighted by molar-refractivity contribution is 4.72. The molecule has 0 aliphatic carbocycles. The Kier molecular flexibility index (Phi) is 22.4. The van der Waals surface area contributed by atoms with E-state index in [1.165, 1.54) is 70.6 Å². The Hall–Kier alpha value is -0.240. The number of hydrogen-bond donors (Lipinski definition) is 6. The second-order valence-electron chi connectivity index (χ2n) is 9.76. The predicted molar refractivity (Wildman–Crippen MR) is 131 cm³/mol. The summed E-state index contributed by atoms with van der Waals surface area (Å²) in [4.78, 5) is 0. The molecule has 32 heavy (non-hydrogen) atoms. The first kappa shape index (κ1) is 31.8. The van der Waals surface area contributed by atoms with Crippen LogP contribution in [0.2, 0.25) is 0 Å². The zero-order valence-corrected chi connectivity index (χ0v) is 20.7. The molecule has 0 aromatic carbocycles. The van der Waals surface area contributed by atoms with Crippen molar-refractivity contribution in [2.45, 2.75) is 159 Å². The Morgan fingerprint density at radius 3 is 1.09 bits per heavy atom. The summed E-state index contributed by atoms with van der Waals surface area (Å²) < 4.78 is 0. The maximum atomic E-state index is 10.1. The van der Waals surface area contributed by atoms with Crippen LogP contribution in [0.25, 0.3) is 0 Å². The van der Waals surface area contributed by atoms with Crippen molar-refractivity contribution < 1.29 is 30.6 Å². The summed E-state index contributed by atoms with van der Waals surface area (Å²) in [5.41, 5.74) is 0. The van der Waals surface area contributed by atoms with Gasteiger partial charge in [0.05, 0.1) is 30.5 Å². The second kappa shape index (κ2) is 22.5. The molecule has 0 heterocycles. The van der Waals surface area contributed by atoms with Crippen LogP contribution in [0.5, 0.6) is 0 Å². The Morgan fingerprint density at radius 2 is 0.719 bits per heavy atom. The lowest BCUT2D eigenvalue weighted by atomic mass is 9.97. The average Bonchev–Trinajstić information content (AvgIpc) is 2.71. The second-order valence-corrected chi connectivity index (χ2v) is 9.76. The molecule has 0 rings (SSSR count). The molecule has 0 aliphatic heterocycles. The molecule has 6 N–H and O–H groups in total. The maximum Gasteiger partial charge on any atom is 0.0589 e. The zero-order chi connectivity index (χ0) is 24.0. The van der Waals surface area contributed by atoms with Crippen LogP contribution in [0.1, 0.15) is 129 Å². The minimum absolute atomic E-state index is 0.0640. The lowest BCUT2D eigenvalue weighted by Crippen LogP contribution is -2.27. The van der Waals surface area contributed by atoms with Gasteiger partial charge in [-0.2, -0.15) is 0 Å². The largest absolute Gasteiger partial charge is 0.396 e. The number of aliphatic hydroxyl groups excluding tert-OH is 6. The van der Waals surface area contributed by atoms with E-state index < -0.39 is 30.5 Å². The lowest BCUT2D eigenvalue weighted by molar-refractivity contribution is 0.00337. The van der Waals surface area contributed by atoms with E-state index in [9.17, 15) is 25.5 Å². The summed E-state index contributed by atoms with van der Waals surface area (Å²) in [6.45, 7) is 2.11. The standard InChI is InChI=1S/C26H54O6/c1-2-3-4-5-6-7-8-9-10-11-12-13-14-15-22(28)18-24(30)20-26(32)21-25(31)19-23(29)16-17-27/h22-32H,2-21H2,1H3/t22-,23-,24+,25-,26+/m0/s1. The van der Waals surface area contributed by atoms with Crippen LogP contribution >= 0.6 is 0 Å². The molecule has 0 saturated carbocycles. The van der Waals surface area contributed by atoms with E-state index in [0.717, 1.165) is 12.8 Å². The smallest absolute Gasteiger partial charge is 0.0589 e. The Morgan fingerprint density at radius 1 is 0.406 bits per heavy atom. The van der Waals surface area contributed by atoms with Gasteiger partial charge in [0.15, 0.2) is 0 Å². The normalized spacial score (nSPS) is 16.6. The first-order chi connectivity index (χ1) is 15.4. The number of hydrogen-bond acceptors (Lipinski definition) is 6. The number of unbranched alkanes of at least 4 members (excludes halogenated alkanes) is 12. The van der Waals surface area contributed by atoms with Gasteiger partial charge in [0, 0.05) is 6.61 Å². The Balaban J connectivity index is 3.58. The van der Waals surface area contributed by atoms with Gasteiger partial charge in [0.2, 0.25) is 0 Å². The molecular weight excluding hydrogens is 408 g/mol. The fourth-order valence-corrected chi connectivity index (χ4v) is 4.33. The van der Waals surface area contributed by atoms with Crippen LogP contribution in [0.3, 0.4) is 0 Å². The molecule has 194 valence electrons. The third kappa shape index (κ3) is 21.6. The van der Waals surface area contributed by atoms with E-state index in [1.54, 1.807) is 0 Å². The average molecular weight is 463 g/mol. The summed E-state index contributed by atoms with van der Waals surface area (Å²) in [7, 11) is 0. The van der Waals surface area contributed by atoms with E-state index in [0.29, 0.717) is 6.42 Å². The van der Waals surface area contributed by atoms with Gasteiger partial charge in [0.25, 0.3) is 0 Å². The van der Waals surface area contributed by atoms with Crippen molar-refractivity contribution in [3.05, 3.63) is 0 Å². The van der Waals surface area contributed by atoms with Gasteiger partial charge < -0.3 is 30.6 Å². The fourth-order valence-electron chi connectivity index (χ4n) is 4.33. The molecule has 6 heteroatoms. The van der Waals surface area contributed by atoms with Crippen LogP contribution in [-0.4, -0.2) is 67.8 Å². The number of aliphatic hydroxyl groups is 6. The van der Waals surface area contributed by atoms with E-state index in [1.807, 2.05) is 0 Å². The van der Waals surface area contributed by atoms with Gasteiger partial charge >= 0.3 is 0 Å². The summed E-state index contributed by atoms with van der Waals surface area (Å²) in [6, 6.07) is 0. The topological polar surface area (TPSA) is 121 Å². The predicted octanol–water partition coefficient (Wildman–Crippen LogP) is 4.22. The molecular formula is C26H54O6. The molecule has 0 aromatic heterocycles. The molecule has 0 fully saturated rings. The summed E-state index contributed by atoms with van der Waals surface area (Å²) >= 11 is 0. The molecule has 0 amide bonds. The first-order valence-corrected chi connectivity index (χ1v) is 13.4.